The predicted molar refractivity (Wildman–Crippen MR) is 59.9 cm³/mol. The molecule has 80 valence electrons. The molecule has 0 amide bonds. The van der Waals surface area contributed by atoms with Crippen LogP contribution in [0, 0.1) is 0 Å². The Morgan fingerprint density at radius 3 is 1.92 bits per heavy atom. The molecule has 0 aromatic carbocycles. The van der Waals surface area contributed by atoms with Gasteiger partial charge in [0.25, 0.3) is 0 Å². The zero-order valence-corrected chi connectivity index (χ0v) is 9.93. The number of hydrogen-bond donors (Lipinski definition) is 1. The SMILES string of the molecule is CCC(CC)N(C)C(C)(CC)CN. The first-order valence-corrected chi connectivity index (χ1v) is 5.48. The molecule has 0 rings (SSSR count). The Morgan fingerprint density at radius 1 is 1.23 bits per heavy atom. The van der Waals surface area contributed by atoms with Gasteiger partial charge in [-0.2, -0.15) is 0 Å². The predicted octanol–water partition coefficient (Wildman–Crippen LogP) is 2.23. The van der Waals surface area contributed by atoms with Crippen molar-refractivity contribution < 1.29 is 0 Å². The van der Waals surface area contributed by atoms with E-state index in [9.17, 15) is 0 Å². The highest BCUT2D eigenvalue weighted by Crippen LogP contribution is 2.21. The number of likely N-dealkylation sites (N-methyl/N-ethyl adjacent to an activating group) is 1. The molecule has 1 atom stereocenters. The third-order valence-electron chi connectivity index (χ3n) is 3.54. The van der Waals surface area contributed by atoms with Gasteiger partial charge in [0, 0.05) is 18.1 Å². The Balaban J connectivity index is 4.42. The van der Waals surface area contributed by atoms with Gasteiger partial charge in [0.05, 0.1) is 0 Å². The van der Waals surface area contributed by atoms with Gasteiger partial charge in [-0.15, -0.1) is 0 Å². The van der Waals surface area contributed by atoms with Crippen molar-refractivity contribution in [2.75, 3.05) is 13.6 Å². The summed E-state index contributed by atoms with van der Waals surface area (Å²) in [5.74, 6) is 0. The van der Waals surface area contributed by atoms with Crippen LogP contribution in [0.2, 0.25) is 0 Å². The number of nitrogens with two attached hydrogens (primary N) is 1. The fraction of sp³-hybridized carbons (Fsp3) is 1.00. The Bertz CT molecular complexity index is 126. The second-order valence-corrected chi connectivity index (χ2v) is 4.14. The molecule has 1 unspecified atom stereocenters. The van der Waals surface area contributed by atoms with Crippen LogP contribution in [0.4, 0.5) is 0 Å². The first kappa shape index (κ1) is 12.9. The lowest BCUT2D eigenvalue weighted by Gasteiger charge is -2.42. The molecule has 0 aromatic heterocycles. The van der Waals surface area contributed by atoms with Gasteiger partial charge in [-0.05, 0) is 33.2 Å². The van der Waals surface area contributed by atoms with Crippen molar-refractivity contribution >= 4 is 0 Å². The van der Waals surface area contributed by atoms with E-state index < -0.39 is 0 Å². The van der Waals surface area contributed by atoms with E-state index in [2.05, 4.69) is 39.6 Å². The topological polar surface area (TPSA) is 29.3 Å². The molecule has 0 aromatic rings. The van der Waals surface area contributed by atoms with Gasteiger partial charge in [0.15, 0.2) is 0 Å². The van der Waals surface area contributed by atoms with Crippen LogP contribution in [-0.4, -0.2) is 30.1 Å². The lowest BCUT2D eigenvalue weighted by atomic mass is 9.94. The van der Waals surface area contributed by atoms with E-state index in [0.717, 1.165) is 13.0 Å². The molecule has 0 fully saturated rings. The number of nitrogens with zero attached hydrogens (tertiary/aromatic N) is 1. The molecule has 0 aliphatic carbocycles. The van der Waals surface area contributed by atoms with Crippen molar-refractivity contribution in [1.82, 2.24) is 4.90 Å². The third-order valence-corrected chi connectivity index (χ3v) is 3.54. The molecule has 0 radical (unpaired) electrons. The van der Waals surface area contributed by atoms with Crippen LogP contribution in [-0.2, 0) is 0 Å². The molecule has 2 nitrogen and oxygen atoms in total. The summed E-state index contributed by atoms with van der Waals surface area (Å²) in [6.45, 7) is 9.71. The van der Waals surface area contributed by atoms with Gasteiger partial charge in [-0.3, -0.25) is 4.90 Å². The van der Waals surface area contributed by atoms with Gasteiger partial charge in [0.1, 0.15) is 0 Å². The highest BCUT2D eigenvalue weighted by molar-refractivity contribution is 4.87. The fourth-order valence-electron chi connectivity index (χ4n) is 1.81. The summed E-state index contributed by atoms with van der Waals surface area (Å²) in [6, 6.07) is 0.675. The second-order valence-electron chi connectivity index (χ2n) is 4.14. The summed E-state index contributed by atoms with van der Waals surface area (Å²) in [5, 5.41) is 0. The normalized spacial score (nSPS) is 16.6. The maximum absolute atomic E-state index is 5.82. The molecular formula is C11H26N2. The average Bonchev–Trinajstić information content (AvgIpc) is 2.18. The maximum atomic E-state index is 5.82. The van der Waals surface area contributed by atoms with E-state index in [4.69, 9.17) is 5.73 Å². The molecule has 2 N–H and O–H groups in total. The molecule has 0 aliphatic heterocycles. The first-order valence-electron chi connectivity index (χ1n) is 5.48. The minimum Gasteiger partial charge on any atom is -0.329 e. The van der Waals surface area contributed by atoms with Crippen molar-refractivity contribution in [1.29, 1.82) is 0 Å². The molecule has 0 heterocycles. The lowest BCUT2D eigenvalue weighted by molar-refractivity contribution is 0.0833. The lowest BCUT2D eigenvalue weighted by Crippen LogP contribution is -2.53. The molecule has 0 aliphatic rings. The molecule has 0 saturated carbocycles. The monoisotopic (exact) mass is 186 g/mol. The Morgan fingerprint density at radius 2 is 1.69 bits per heavy atom. The first-order chi connectivity index (χ1) is 6.05. The summed E-state index contributed by atoms with van der Waals surface area (Å²) in [7, 11) is 2.20. The van der Waals surface area contributed by atoms with Crippen molar-refractivity contribution in [3.63, 3.8) is 0 Å². The van der Waals surface area contributed by atoms with E-state index in [1.807, 2.05) is 0 Å². The standard InChI is InChI=1S/C11H26N2/c1-6-10(7-2)13(5)11(4,8-3)9-12/h10H,6-9,12H2,1-5H3. The largest absolute Gasteiger partial charge is 0.329 e. The summed E-state index contributed by atoms with van der Waals surface area (Å²) >= 11 is 0. The van der Waals surface area contributed by atoms with E-state index in [0.29, 0.717) is 6.04 Å². The van der Waals surface area contributed by atoms with Crippen LogP contribution in [0.25, 0.3) is 0 Å². The molecule has 2 heteroatoms. The minimum absolute atomic E-state index is 0.177. The van der Waals surface area contributed by atoms with Gasteiger partial charge in [-0.25, -0.2) is 0 Å². The fourth-order valence-corrected chi connectivity index (χ4v) is 1.81. The van der Waals surface area contributed by atoms with Crippen molar-refractivity contribution in [3.8, 4) is 0 Å². The zero-order valence-electron chi connectivity index (χ0n) is 9.93. The summed E-state index contributed by atoms with van der Waals surface area (Å²) in [5.41, 5.74) is 6.00. The van der Waals surface area contributed by atoms with Gasteiger partial charge in [-0.1, -0.05) is 20.8 Å². The minimum atomic E-state index is 0.177. The van der Waals surface area contributed by atoms with Crippen molar-refractivity contribution in [3.05, 3.63) is 0 Å². The van der Waals surface area contributed by atoms with Crippen molar-refractivity contribution in [2.45, 2.75) is 58.5 Å². The Labute approximate surface area is 83.5 Å². The van der Waals surface area contributed by atoms with Crippen LogP contribution in [0.5, 0.6) is 0 Å². The third kappa shape index (κ3) is 2.96. The molecule has 0 spiro atoms. The Hall–Kier alpha value is -0.0800. The zero-order chi connectivity index (χ0) is 10.5. The van der Waals surface area contributed by atoms with E-state index in [1.54, 1.807) is 0 Å². The maximum Gasteiger partial charge on any atom is 0.0300 e. The van der Waals surface area contributed by atoms with Gasteiger partial charge >= 0.3 is 0 Å². The summed E-state index contributed by atoms with van der Waals surface area (Å²) in [6.07, 6.45) is 3.54. The summed E-state index contributed by atoms with van der Waals surface area (Å²) < 4.78 is 0. The van der Waals surface area contributed by atoms with Crippen LogP contribution >= 0.6 is 0 Å². The van der Waals surface area contributed by atoms with Gasteiger partial charge in [0.2, 0.25) is 0 Å². The van der Waals surface area contributed by atoms with E-state index >= 15 is 0 Å². The summed E-state index contributed by atoms with van der Waals surface area (Å²) in [4.78, 5) is 2.45. The smallest absolute Gasteiger partial charge is 0.0300 e. The average molecular weight is 186 g/mol. The van der Waals surface area contributed by atoms with Crippen LogP contribution < -0.4 is 5.73 Å². The highest BCUT2D eigenvalue weighted by atomic mass is 15.2. The van der Waals surface area contributed by atoms with Crippen molar-refractivity contribution in [2.24, 2.45) is 5.73 Å². The van der Waals surface area contributed by atoms with Crippen LogP contribution in [0.15, 0.2) is 0 Å². The van der Waals surface area contributed by atoms with Crippen LogP contribution in [0.1, 0.15) is 47.0 Å². The molecule has 0 bridgehead atoms. The quantitative estimate of drug-likeness (QED) is 0.689. The number of hydrogen-bond acceptors (Lipinski definition) is 2. The van der Waals surface area contributed by atoms with E-state index in [-0.39, 0.29) is 5.54 Å². The van der Waals surface area contributed by atoms with Gasteiger partial charge < -0.3 is 5.73 Å². The second kappa shape index (κ2) is 5.61. The Kier molecular flexibility index (Phi) is 5.57. The van der Waals surface area contributed by atoms with Crippen LogP contribution in [0.3, 0.4) is 0 Å². The highest BCUT2D eigenvalue weighted by Gasteiger charge is 2.29. The molecule has 13 heavy (non-hydrogen) atoms. The molecule has 0 saturated heterocycles. The number of rotatable bonds is 6. The molecular weight excluding hydrogens is 160 g/mol. The van der Waals surface area contributed by atoms with E-state index in [1.165, 1.54) is 12.8 Å².